The van der Waals surface area contributed by atoms with E-state index in [0.717, 1.165) is 0 Å². The van der Waals surface area contributed by atoms with Crippen LogP contribution in [0.2, 0.25) is 0 Å². The summed E-state index contributed by atoms with van der Waals surface area (Å²) in [5.41, 5.74) is 2.02. The van der Waals surface area contributed by atoms with Crippen molar-refractivity contribution in [2.24, 2.45) is 7.05 Å². The molecule has 0 N–H and O–H groups in total. The predicted molar refractivity (Wildman–Crippen MR) is 86.8 cm³/mol. The molecular weight excluding hydrogens is 312 g/mol. The summed E-state index contributed by atoms with van der Waals surface area (Å²) in [6.45, 7) is 3.13. The molecule has 128 valence electrons. The van der Waals surface area contributed by atoms with Crippen molar-refractivity contribution < 1.29 is 23.8 Å². The number of esters is 1. The third-order valence-electron chi connectivity index (χ3n) is 3.75. The number of carbonyl (C=O) groups excluding carboxylic acids is 2. The summed E-state index contributed by atoms with van der Waals surface area (Å²) < 4.78 is 17.0. The third-order valence-corrected chi connectivity index (χ3v) is 3.75. The maximum absolute atomic E-state index is 12.2. The van der Waals surface area contributed by atoms with Gasteiger partial charge in [0.2, 0.25) is 0 Å². The molecule has 0 atom stereocenters. The van der Waals surface area contributed by atoms with Gasteiger partial charge >= 0.3 is 5.97 Å². The molecule has 0 amide bonds. The number of carbonyl (C=O) groups is 2. The number of aryl methyl sites for hydroxylation is 2. The summed E-state index contributed by atoms with van der Waals surface area (Å²) >= 11 is 0. The SMILES string of the molecule is COc1ccc(C(=O)COC(=O)c2c(C)nn(C)c2C)cc1OC. The summed E-state index contributed by atoms with van der Waals surface area (Å²) in [7, 11) is 4.74. The highest BCUT2D eigenvalue weighted by Crippen LogP contribution is 2.27. The van der Waals surface area contributed by atoms with Crippen molar-refractivity contribution in [3.8, 4) is 11.5 Å². The number of methoxy groups -OCH3 is 2. The maximum atomic E-state index is 12.2. The first-order valence-corrected chi connectivity index (χ1v) is 7.31. The molecular formula is C17H20N2O5. The minimum atomic E-state index is -0.563. The highest BCUT2D eigenvalue weighted by Gasteiger charge is 2.20. The van der Waals surface area contributed by atoms with Crippen LogP contribution < -0.4 is 9.47 Å². The number of hydrogen-bond acceptors (Lipinski definition) is 6. The number of benzene rings is 1. The Labute approximate surface area is 140 Å². The Hall–Kier alpha value is -2.83. The van der Waals surface area contributed by atoms with Gasteiger partial charge in [0.25, 0.3) is 0 Å². The quantitative estimate of drug-likeness (QED) is 0.595. The van der Waals surface area contributed by atoms with E-state index < -0.39 is 5.97 Å². The van der Waals surface area contributed by atoms with Gasteiger partial charge in [0.15, 0.2) is 23.9 Å². The topological polar surface area (TPSA) is 79.7 Å². The summed E-state index contributed by atoms with van der Waals surface area (Å²) in [5.74, 6) is 0.0664. The molecule has 1 aromatic heterocycles. The van der Waals surface area contributed by atoms with Gasteiger partial charge in [0.05, 0.1) is 19.9 Å². The van der Waals surface area contributed by atoms with E-state index in [1.54, 1.807) is 43.8 Å². The van der Waals surface area contributed by atoms with Crippen LogP contribution in [0.5, 0.6) is 11.5 Å². The molecule has 0 bridgehead atoms. The fourth-order valence-electron chi connectivity index (χ4n) is 2.37. The van der Waals surface area contributed by atoms with Gasteiger partial charge in [-0.15, -0.1) is 0 Å². The molecule has 7 heteroatoms. The van der Waals surface area contributed by atoms with Crippen LogP contribution in [0.3, 0.4) is 0 Å². The molecule has 1 heterocycles. The zero-order valence-electron chi connectivity index (χ0n) is 14.4. The van der Waals surface area contributed by atoms with Crippen LogP contribution in [0.15, 0.2) is 18.2 Å². The van der Waals surface area contributed by atoms with Crippen LogP contribution in [0.25, 0.3) is 0 Å². The maximum Gasteiger partial charge on any atom is 0.342 e. The largest absolute Gasteiger partial charge is 0.493 e. The van der Waals surface area contributed by atoms with E-state index in [0.29, 0.717) is 34.0 Å². The smallest absolute Gasteiger partial charge is 0.342 e. The number of ether oxygens (including phenoxy) is 3. The summed E-state index contributed by atoms with van der Waals surface area (Å²) in [6.07, 6.45) is 0. The van der Waals surface area contributed by atoms with Gasteiger partial charge in [0.1, 0.15) is 5.56 Å². The minimum absolute atomic E-state index is 0.330. The van der Waals surface area contributed by atoms with Crippen LogP contribution >= 0.6 is 0 Å². The molecule has 0 saturated heterocycles. The van der Waals surface area contributed by atoms with Crippen molar-refractivity contribution in [3.05, 3.63) is 40.7 Å². The molecule has 1 aromatic carbocycles. The standard InChI is InChI=1S/C17H20N2O5/c1-10-16(11(2)19(3)18-10)17(21)24-9-13(20)12-6-7-14(22-4)15(8-12)23-5/h6-8H,9H2,1-5H3. The van der Waals surface area contributed by atoms with Gasteiger partial charge < -0.3 is 14.2 Å². The van der Waals surface area contributed by atoms with Gasteiger partial charge in [0, 0.05) is 18.3 Å². The van der Waals surface area contributed by atoms with Gasteiger partial charge in [-0.2, -0.15) is 5.10 Å². The number of Topliss-reactive ketones (excluding diaryl/α,β-unsaturated/α-hetero) is 1. The molecule has 0 aliphatic rings. The Bertz CT molecular complexity index is 780. The summed E-state index contributed by atoms with van der Waals surface area (Å²) in [5, 5.41) is 4.16. The van der Waals surface area contributed by atoms with Crippen LogP contribution in [0, 0.1) is 13.8 Å². The van der Waals surface area contributed by atoms with Gasteiger partial charge in [-0.25, -0.2) is 4.79 Å². The Morgan fingerprint density at radius 2 is 1.79 bits per heavy atom. The molecule has 2 rings (SSSR count). The first-order valence-electron chi connectivity index (χ1n) is 7.31. The lowest BCUT2D eigenvalue weighted by Gasteiger charge is -2.09. The average Bonchev–Trinajstić information content (AvgIpc) is 2.83. The van der Waals surface area contributed by atoms with Gasteiger partial charge in [-0.3, -0.25) is 9.48 Å². The number of rotatable bonds is 6. The lowest BCUT2D eigenvalue weighted by Crippen LogP contribution is -2.15. The fraction of sp³-hybridized carbons (Fsp3) is 0.353. The van der Waals surface area contributed by atoms with E-state index in [4.69, 9.17) is 14.2 Å². The normalized spacial score (nSPS) is 10.4. The molecule has 2 aromatic rings. The molecule has 7 nitrogen and oxygen atoms in total. The molecule has 0 fully saturated rings. The lowest BCUT2D eigenvalue weighted by atomic mass is 10.1. The number of hydrogen-bond donors (Lipinski definition) is 0. The average molecular weight is 332 g/mol. The Kier molecular flexibility index (Phi) is 5.23. The number of ketones is 1. The lowest BCUT2D eigenvalue weighted by molar-refractivity contribution is 0.0473. The monoisotopic (exact) mass is 332 g/mol. The molecule has 0 aliphatic carbocycles. The van der Waals surface area contributed by atoms with Gasteiger partial charge in [-0.05, 0) is 32.0 Å². The summed E-state index contributed by atoms with van der Waals surface area (Å²) in [6, 6.07) is 4.77. The molecule has 0 spiro atoms. The second-order valence-electron chi connectivity index (χ2n) is 5.24. The Balaban J connectivity index is 2.09. The summed E-state index contributed by atoms with van der Waals surface area (Å²) in [4.78, 5) is 24.4. The number of nitrogens with zero attached hydrogens (tertiary/aromatic N) is 2. The van der Waals surface area contributed by atoms with Gasteiger partial charge in [-0.1, -0.05) is 0 Å². The highest BCUT2D eigenvalue weighted by atomic mass is 16.5. The third kappa shape index (κ3) is 3.40. The van der Waals surface area contributed by atoms with E-state index in [1.807, 2.05) is 0 Å². The van der Waals surface area contributed by atoms with Crippen LogP contribution in [-0.4, -0.2) is 42.4 Å². The van der Waals surface area contributed by atoms with E-state index in [2.05, 4.69) is 5.10 Å². The first kappa shape index (κ1) is 17.5. The highest BCUT2D eigenvalue weighted by molar-refractivity contribution is 6.00. The Morgan fingerprint density at radius 1 is 1.12 bits per heavy atom. The van der Waals surface area contributed by atoms with E-state index in [-0.39, 0.29) is 12.4 Å². The van der Waals surface area contributed by atoms with E-state index in [9.17, 15) is 9.59 Å². The predicted octanol–water partition coefficient (Wildman–Crippen LogP) is 2.09. The van der Waals surface area contributed by atoms with Crippen molar-refractivity contribution in [2.75, 3.05) is 20.8 Å². The van der Waals surface area contributed by atoms with Crippen molar-refractivity contribution in [3.63, 3.8) is 0 Å². The fourth-order valence-corrected chi connectivity index (χ4v) is 2.37. The zero-order valence-corrected chi connectivity index (χ0v) is 14.4. The Morgan fingerprint density at radius 3 is 2.33 bits per heavy atom. The molecule has 24 heavy (non-hydrogen) atoms. The van der Waals surface area contributed by atoms with Crippen molar-refractivity contribution in [1.29, 1.82) is 0 Å². The van der Waals surface area contributed by atoms with Crippen molar-refractivity contribution >= 4 is 11.8 Å². The second kappa shape index (κ2) is 7.16. The van der Waals surface area contributed by atoms with Crippen molar-refractivity contribution in [2.45, 2.75) is 13.8 Å². The van der Waals surface area contributed by atoms with E-state index >= 15 is 0 Å². The first-order chi connectivity index (χ1) is 11.4. The van der Waals surface area contributed by atoms with Crippen LogP contribution in [0.1, 0.15) is 32.1 Å². The molecule has 0 unspecified atom stereocenters. The van der Waals surface area contributed by atoms with Crippen molar-refractivity contribution in [1.82, 2.24) is 9.78 Å². The molecule has 0 aliphatic heterocycles. The number of aromatic nitrogens is 2. The van der Waals surface area contributed by atoms with Crippen LogP contribution in [0.4, 0.5) is 0 Å². The minimum Gasteiger partial charge on any atom is -0.493 e. The molecule has 0 radical (unpaired) electrons. The molecule has 0 saturated carbocycles. The van der Waals surface area contributed by atoms with E-state index in [1.165, 1.54) is 14.2 Å². The zero-order chi connectivity index (χ0) is 17.9. The van der Waals surface area contributed by atoms with Crippen LogP contribution in [-0.2, 0) is 11.8 Å². The second-order valence-corrected chi connectivity index (χ2v) is 5.24.